The predicted octanol–water partition coefficient (Wildman–Crippen LogP) is -0.778. The molecule has 0 saturated carbocycles. The van der Waals surface area contributed by atoms with Gasteiger partial charge in [-0.25, -0.2) is 0 Å². The van der Waals surface area contributed by atoms with E-state index in [0.29, 0.717) is 6.42 Å². The fourth-order valence-corrected chi connectivity index (χ4v) is 0.486. The van der Waals surface area contributed by atoms with Crippen LogP contribution < -0.4 is 11.1 Å². The molecule has 1 amide bonds. The molecule has 11 heavy (non-hydrogen) atoms. The monoisotopic (exact) mass is 160 g/mol. The standard InChI is InChI=1S/C7H16N2O2/c1-3-7(2,11)5-9-6(10)4-8/h11H,3-5,8H2,1-2H3,(H,9,10). The lowest BCUT2D eigenvalue weighted by Crippen LogP contribution is -2.42. The largest absolute Gasteiger partial charge is 0.388 e. The Kier molecular flexibility index (Phi) is 4.07. The normalized spacial score (nSPS) is 15.6. The van der Waals surface area contributed by atoms with Gasteiger partial charge >= 0.3 is 0 Å². The van der Waals surface area contributed by atoms with E-state index in [1.807, 2.05) is 6.92 Å². The SMILES string of the molecule is CCC(C)(O)CNC(=O)CN. The van der Waals surface area contributed by atoms with Crippen molar-refractivity contribution in [3.63, 3.8) is 0 Å². The van der Waals surface area contributed by atoms with Gasteiger partial charge in [-0.1, -0.05) is 6.92 Å². The summed E-state index contributed by atoms with van der Waals surface area (Å²) in [5, 5.41) is 11.9. The highest BCUT2D eigenvalue weighted by molar-refractivity contribution is 5.77. The molecule has 0 radical (unpaired) electrons. The molecule has 0 heterocycles. The van der Waals surface area contributed by atoms with E-state index in [1.165, 1.54) is 0 Å². The molecule has 0 aliphatic rings. The summed E-state index contributed by atoms with van der Waals surface area (Å²) in [6, 6.07) is 0. The number of carbonyl (C=O) groups excluding carboxylic acids is 1. The van der Waals surface area contributed by atoms with Gasteiger partial charge < -0.3 is 16.2 Å². The van der Waals surface area contributed by atoms with Crippen LogP contribution in [-0.4, -0.2) is 29.7 Å². The third kappa shape index (κ3) is 4.75. The summed E-state index contributed by atoms with van der Waals surface area (Å²) in [5.41, 5.74) is 4.23. The number of rotatable bonds is 4. The number of hydrogen-bond donors (Lipinski definition) is 3. The van der Waals surface area contributed by atoms with Gasteiger partial charge in [0.05, 0.1) is 12.1 Å². The van der Waals surface area contributed by atoms with Crippen molar-refractivity contribution in [1.82, 2.24) is 5.32 Å². The maximum atomic E-state index is 10.6. The molecule has 0 aromatic rings. The highest BCUT2D eigenvalue weighted by Crippen LogP contribution is 2.05. The van der Waals surface area contributed by atoms with Crippen LogP contribution in [0.25, 0.3) is 0 Å². The summed E-state index contributed by atoms with van der Waals surface area (Å²) in [4.78, 5) is 10.6. The van der Waals surface area contributed by atoms with Gasteiger partial charge in [0.15, 0.2) is 0 Å². The summed E-state index contributed by atoms with van der Waals surface area (Å²) in [7, 11) is 0. The summed E-state index contributed by atoms with van der Waals surface area (Å²) in [6.07, 6.45) is 0.609. The molecular weight excluding hydrogens is 144 g/mol. The van der Waals surface area contributed by atoms with Crippen molar-refractivity contribution in [1.29, 1.82) is 0 Å². The maximum absolute atomic E-state index is 10.6. The van der Waals surface area contributed by atoms with Crippen LogP contribution in [0, 0.1) is 0 Å². The number of nitrogens with two attached hydrogens (primary N) is 1. The number of hydrogen-bond acceptors (Lipinski definition) is 3. The number of aliphatic hydroxyl groups is 1. The summed E-state index contributed by atoms with van der Waals surface area (Å²) in [6.45, 7) is 3.76. The number of amides is 1. The van der Waals surface area contributed by atoms with Gasteiger partial charge in [-0.3, -0.25) is 4.79 Å². The molecule has 0 spiro atoms. The minimum absolute atomic E-state index is 0.0280. The minimum atomic E-state index is -0.815. The van der Waals surface area contributed by atoms with E-state index in [0.717, 1.165) is 0 Å². The first-order chi connectivity index (χ1) is 5.02. The zero-order chi connectivity index (χ0) is 8.91. The molecule has 4 nitrogen and oxygen atoms in total. The lowest BCUT2D eigenvalue weighted by Gasteiger charge is -2.21. The van der Waals surface area contributed by atoms with Crippen LogP contribution in [0.5, 0.6) is 0 Å². The van der Waals surface area contributed by atoms with Gasteiger partial charge in [-0.2, -0.15) is 0 Å². The molecule has 0 aromatic heterocycles. The van der Waals surface area contributed by atoms with Gasteiger partial charge in [0.2, 0.25) is 5.91 Å². The number of carbonyl (C=O) groups is 1. The Balaban J connectivity index is 3.61. The third-order valence-corrected chi connectivity index (χ3v) is 1.61. The second-order valence-electron chi connectivity index (χ2n) is 2.83. The Morgan fingerprint density at radius 3 is 2.64 bits per heavy atom. The van der Waals surface area contributed by atoms with Crippen molar-refractivity contribution in [2.75, 3.05) is 13.1 Å². The summed E-state index contributed by atoms with van der Waals surface area (Å²) >= 11 is 0. The van der Waals surface area contributed by atoms with Gasteiger partial charge in [-0.05, 0) is 13.3 Å². The molecule has 0 rings (SSSR count). The topological polar surface area (TPSA) is 75.3 Å². The maximum Gasteiger partial charge on any atom is 0.233 e. The van der Waals surface area contributed by atoms with Gasteiger partial charge in [0.25, 0.3) is 0 Å². The van der Waals surface area contributed by atoms with E-state index >= 15 is 0 Å². The molecule has 0 aromatic carbocycles. The van der Waals surface area contributed by atoms with Crippen molar-refractivity contribution >= 4 is 5.91 Å². The summed E-state index contributed by atoms with van der Waals surface area (Å²) < 4.78 is 0. The van der Waals surface area contributed by atoms with Gasteiger partial charge in [-0.15, -0.1) is 0 Å². The van der Waals surface area contributed by atoms with Crippen LogP contribution in [0.2, 0.25) is 0 Å². The molecule has 0 fully saturated rings. The van der Waals surface area contributed by atoms with E-state index in [9.17, 15) is 9.90 Å². The van der Waals surface area contributed by atoms with E-state index in [1.54, 1.807) is 6.92 Å². The van der Waals surface area contributed by atoms with Crippen molar-refractivity contribution < 1.29 is 9.90 Å². The van der Waals surface area contributed by atoms with Crippen LogP contribution >= 0.6 is 0 Å². The number of nitrogens with one attached hydrogen (secondary N) is 1. The first-order valence-corrected chi connectivity index (χ1v) is 3.71. The lowest BCUT2D eigenvalue weighted by molar-refractivity contribution is -0.120. The fourth-order valence-electron chi connectivity index (χ4n) is 0.486. The Hall–Kier alpha value is -0.610. The second-order valence-corrected chi connectivity index (χ2v) is 2.83. The van der Waals surface area contributed by atoms with E-state index in [-0.39, 0.29) is 19.0 Å². The molecule has 4 N–H and O–H groups in total. The molecule has 1 atom stereocenters. The molecule has 0 bridgehead atoms. The van der Waals surface area contributed by atoms with E-state index in [2.05, 4.69) is 5.32 Å². The fraction of sp³-hybridized carbons (Fsp3) is 0.857. The second kappa shape index (κ2) is 4.31. The highest BCUT2D eigenvalue weighted by Gasteiger charge is 2.17. The van der Waals surface area contributed by atoms with Crippen molar-refractivity contribution in [2.45, 2.75) is 25.9 Å². The Bertz CT molecular complexity index is 134. The zero-order valence-electron chi connectivity index (χ0n) is 7.05. The third-order valence-electron chi connectivity index (χ3n) is 1.61. The smallest absolute Gasteiger partial charge is 0.233 e. The molecule has 1 unspecified atom stereocenters. The molecule has 0 aliphatic heterocycles. The zero-order valence-corrected chi connectivity index (χ0v) is 7.05. The first-order valence-electron chi connectivity index (χ1n) is 3.71. The Labute approximate surface area is 66.8 Å². The van der Waals surface area contributed by atoms with Gasteiger partial charge in [0.1, 0.15) is 0 Å². The molecule has 4 heteroatoms. The van der Waals surface area contributed by atoms with Crippen LogP contribution in [0.4, 0.5) is 0 Å². The molecule has 0 saturated heterocycles. The predicted molar refractivity (Wildman–Crippen MR) is 43.0 cm³/mol. The Morgan fingerprint density at radius 2 is 2.27 bits per heavy atom. The van der Waals surface area contributed by atoms with E-state index < -0.39 is 5.60 Å². The quantitative estimate of drug-likeness (QED) is 0.505. The van der Waals surface area contributed by atoms with Crippen LogP contribution in [0.15, 0.2) is 0 Å². The molecule has 0 aliphatic carbocycles. The van der Waals surface area contributed by atoms with Crippen LogP contribution in [0.1, 0.15) is 20.3 Å². The van der Waals surface area contributed by atoms with Crippen LogP contribution in [0.3, 0.4) is 0 Å². The Morgan fingerprint density at radius 1 is 1.73 bits per heavy atom. The molecular formula is C7H16N2O2. The van der Waals surface area contributed by atoms with Crippen molar-refractivity contribution in [3.05, 3.63) is 0 Å². The summed E-state index contributed by atoms with van der Waals surface area (Å²) in [5.74, 6) is -0.237. The molecule has 66 valence electrons. The first kappa shape index (κ1) is 10.4. The van der Waals surface area contributed by atoms with Crippen LogP contribution in [-0.2, 0) is 4.79 Å². The van der Waals surface area contributed by atoms with Crippen molar-refractivity contribution in [3.8, 4) is 0 Å². The lowest BCUT2D eigenvalue weighted by atomic mass is 10.0. The van der Waals surface area contributed by atoms with Gasteiger partial charge in [0, 0.05) is 6.54 Å². The minimum Gasteiger partial charge on any atom is -0.388 e. The highest BCUT2D eigenvalue weighted by atomic mass is 16.3. The van der Waals surface area contributed by atoms with Crippen molar-refractivity contribution in [2.24, 2.45) is 5.73 Å². The average Bonchev–Trinajstić information content (AvgIpc) is 2.00. The average molecular weight is 160 g/mol. The van der Waals surface area contributed by atoms with E-state index in [4.69, 9.17) is 5.73 Å².